The van der Waals surface area contributed by atoms with Crippen LogP contribution in [0.2, 0.25) is 0 Å². The molecule has 1 rings (SSSR count). The summed E-state index contributed by atoms with van der Waals surface area (Å²) in [5.74, 6) is -1.23. The number of carbonyl (C=O) groups excluding carboxylic acids is 2. The first-order chi connectivity index (χ1) is 9.61. The number of aliphatic hydroxyl groups excluding tert-OH is 1. The van der Waals surface area contributed by atoms with Gasteiger partial charge in [0.2, 0.25) is 5.91 Å². The summed E-state index contributed by atoms with van der Waals surface area (Å²) in [6, 6.07) is 0. The SMILES string of the molecule is O=C([O-])CCCCCCCNC(=O)C1CCCCC1O.[Na+]. The van der Waals surface area contributed by atoms with Crippen LogP contribution in [0.15, 0.2) is 0 Å². The minimum absolute atomic E-state index is 0. The quantitative estimate of drug-likeness (QED) is 0.372. The molecule has 0 aromatic heterocycles. The molecule has 1 saturated carbocycles. The molecular formula is C15H26NNaO4. The fourth-order valence-electron chi connectivity index (χ4n) is 2.68. The summed E-state index contributed by atoms with van der Waals surface area (Å²) in [4.78, 5) is 22.1. The summed E-state index contributed by atoms with van der Waals surface area (Å²) < 4.78 is 0. The van der Waals surface area contributed by atoms with E-state index >= 15 is 0 Å². The third kappa shape index (κ3) is 9.51. The zero-order valence-electron chi connectivity index (χ0n) is 13.1. The molecule has 21 heavy (non-hydrogen) atoms. The molecule has 0 heterocycles. The van der Waals surface area contributed by atoms with E-state index in [4.69, 9.17) is 0 Å². The molecule has 5 nitrogen and oxygen atoms in total. The largest absolute Gasteiger partial charge is 1.00 e. The smallest absolute Gasteiger partial charge is 0.550 e. The van der Waals surface area contributed by atoms with E-state index in [9.17, 15) is 19.8 Å². The van der Waals surface area contributed by atoms with Gasteiger partial charge >= 0.3 is 29.6 Å². The summed E-state index contributed by atoms with van der Waals surface area (Å²) in [7, 11) is 0. The molecule has 116 valence electrons. The van der Waals surface area contributed by atoms with Crippen molar-refractivity contribution in [1.82, 2.24) is 5.32 Å². The number of unbranched alkanes of at least 4 members (excludes halogenated alkanes) is 4. The molecule has 0 aromatic rings. The Balaban J connectivity index is 0.00000400. The first-order valence-electron chi connectivity index (χ1n) is 7.77. The van der Waals surface area contributed by atoms with Crippen molar-refractivity contribution in [3.05, 3.63) is 0 Å². The molecule has 1 amide bonds. The Hall–Kier alpha value is -0.100. The number of hydrogen-bond acceptors (Lipinski definition) is 4. The average Bonchev–Trinajstić information content (AvgIpc) is 2.41. The van der Waals surface area contributed by atoms with Crippen LogP contribution in [0.5, 0.6) is 0 Å². The van der Waals surface area contributed by atoms with Gasteiger partial charge in [0.25, 0.3) is 0 Å². The van der Waals surface area contributed by atoms with Crippen LogP contribution in [0.1, 0.15) is 64.2 Å². The molecule has 1 fully saturated rings. The maximum absolute atomic E-state index is 11.9. The van der Waals surface area contributed by atoms with E-state index in [1.165, 1.54) is 0 Å². The summed E-state index contributed by atoms with van der Waals surface area (Å²) in [6.45, 7) is 0.641. The number of rotatable bonds is 9. The van der Waals surface area contributed by atoms with E-state index in [0.29, 0.717) is 13.0 Å². The third-order valence-corrected chi connectivity index (χ3v) is 3.92. The number of aliphatic hydroxyl groups is 1. The van der Waals surface area contributed by atoms with Gasteiger partial charge in [0.1, 0.15) is 0 Å². The Bertz CT molecular complexity index is 312. The maximum atomic E-state index is 11.9. The maximum Gasteiger partial charge on any atom is 1.00 e. The van der Waals surface area contributed by atoms with Crippen molar-refractivity contribution in [3.63, 3.8) is 0 Å². The topological polar surface area (TPSA) is 89.5 Å². The van der Waals surface area contributed by atoms with Crippen molar-refractivity contribution in [2.45, 2.75) is 70.3 Å². The Morgan fingerprint density at radius 3 is 2.33 bits per heavy atom. The van der Waals surface area contributed by atoms with Crippen molar-refractivity contribution in [1.29, 1.82) is 0 Å². The molecule has 2 unspecified atom stereocenters. The van der Waals surface area contributed by atoms with Gasteiger partial charge in [-0.15, -0.1) is 0 Å². The number of carboxylic acid groups (broad SMARTS) is 1. The van der Waals surface area contributed by atoms with Gasteiger partial charge in [-0.05, 0) is 32.1 Å². The normalized spacial score (nSPS) is 21.4. The second kappa shape index (κ2) is 12.4. The van der Waals surface area contributed by atoms with Crippen LogP contribution in [-0.2, 0) is 9.59 Å². The minimum atomic E-state index is -0.983. The number of aliphatic carboxylic acids is 1. The van der Waals surface area contributed by atoms with Crippen LogP contribution in [0, 0.1) is 5.92 Å². The molecule has 2 N–H and O–H groups in total. The fourth-order valence-corrected chi connectivity index (χ4v) is 2.68. The molecule has 0 bridgehead atoms. The molecule has 6 heteroatoms. The van der Waals surface area contributed by atoms with Crippen LogP contribution in [0.3, 0.4) is 0 Å². The van der Waals surface area contributed by atoms with Gasteiger partial charge < -0.3 is 20.3 Å². The van der Waals surface area contributed by atoms with Gasteiger partial charge in [-0.25, -0.2) is 0 Å². The van der Waals surface area contributed by atoms with Gasteiger partial charge in [0.05, 0.1) is 12.0 Å². The summed E-state index contributed by atoms with van der Waals surface area (Å²) in [6.07, 6.45) is 7.64. The van der Waals surface area contributed by atoms with Crippen LogP contribution < -0.4 is 40.0 Å². The standard InChI is InChI=1S/C15H27NO4.Na/c17-13-9-6-5-8-12(13)15(20)16-11-7-3-1-2-4-10-14(18)19;/h12-13,17H,1-11H2,(H,16,20)(H,18,19);/q;+1/p-1. The van der Waals surface area contributed by atoms with E-state index in [1.807, 2.05) is 0 Å². The van der Waals surface area contributed by atoms with Crippen molar-refractivity contribution >= 4 is 11.9 Å². The van der Waals surface area contributed by atoms with Crippen LogP contribution in [0.25, 0.3) is 0 Å². The van der Waals surface area contributed by atoms with E-state index in [1.54, 1.807) is 0 Å². The Morgan fingerprint density at radius 2 is 1.67 bits per heavy atom. The number of amides is 1. The average molecular weight is 307 g/mol. The van der Waals surface area contributed by atoms with Crippen molar-refractivity contribution in [3.8, 4) is 0 Å². The molecule has 1 aliphatic carbocycles. The van der Waals surface area contributed by atoms with Gasteiger partial charge in [-0.3, -0.25) is 4.79 Å². The molecular weight excluding hydrogens is 281 g/mol. The van der Waals surface area contributed by atoms with E-state index in [-0.39, 0.29) is 47.8 Å². The molecule has 2 atom stereocenters. The number of nitrogens with one attached hydrogen (secondary N) is 1. The predicted molar refractivity (Wildman–Crippen MR) is 73.7 cm³/mol. The first-order valence-corrected chi connectivity index (χ1v) is 7.77. The molecule has 0 aromatic carbocycles. The number of carbonyl (C=O) groups is 2. The van der Waals surface area contributed by atoms with Gasteiger partial charge in [0.15, 0.2) is 0 Å². The monoisotopic (exact) mass is 307 g/mol. The number of hydrogen-bond donors (Lipinski definition) is 2. The van der Waals surface area contributed by atoms with Crippen molar-refractivity contribution in [2.24, 2.45) is 5.92 Å². The van der Waals surface area contributed by atoms with Crippen molar-refractivity contribution in [2.75, 3.05) is 6.54 Å². The van der Waals surface area contributed by atoms with Crippen LogP contribution in [0.4, 0.5) is 0 Å². The number of carboxylic acids is 1. The predicted octanol–water partition coefficient (Wildman–Crippen LogP) is -2.25. The Labute approximate surface area is 149 Å². The van der Waals surface area contributed by atoms with E-state index < -0.39 is 12.1 Å². The van der Waals surface area contributed by atoms with Gasteiger partial charge in [-0.2, -0.15) is 0 Å². The van der Waals surface area contributed by atoms with Gasteiger partial charge in [-0.1, -0.05) is 32.1 Å². The van der Waals surface area contributed by atoms with Crippen LogP contribution >= 0.6 is 0 Å². The fraction of sp³-hybridized carbons (Fsp3) is 0.867. The second-order valence-corrected chi connectivity index (χ2v) is 5.64. The first kappa shape index (κ1) is 20.9. The van der Waals surface area contributed by atoms with E-state index in [2.05, 4.69) is 5.32 Å². The summed E-state index contributed by atoms with van der Waals surface area (Å²) >= 11 is 0. The summed E-state index contributed by atoms with van der Waals surface area (Å²) in [5.41, 5.74) is 0. The van der Waals surface area contributed by atoms with Crippen LogP contribution in [-0.4, -0.2) is 29.6 Å². The van der Waals surface area contributed by atoms with E-state index in [0.717, 1.165) is 51.4 Å². The Kier molecular flexibility index (Phi) is 12.4. The molecule has 0 spiro atoms. The Morgan fingerprint density at radius 1 is 1.05 bits per heavy atom. The zero-order valence-corrected chi connectivity index (χ0v) is 15.1. The van der Waals surface area contributed by atoms with Crippen molar-refractivity contribution < 1.29 is 49.4 Å². The second-order valence-electron chi connectivity index (χ2n) is 5.64. The zero-order chi connectivity index (χ0) is 14.8. The van der Waals surface area contributed by atoms with Gasteiger partial charge in [0, 0.05) is 12.5 Å². The molecule has 0 saturated heterocycles. The molecule has 0 aliphatic heterocycles. The third-order valence-electron chi connectivity index (χ3n) is 3.92. The molecule has 0 radical (unpaired) electrons. The summed E-state index contributed by atoms with van der Waals surface area (Å²) in [5, 5.41) is 22.9. The minimum Gasteiger partial charge on any atom is -0.550 e. The molecule has 1 aliphatic rings.